The number of carbonyl (C=O) groups is 3. The van der Waals surface area contributed by atoms with Crippen LogP contribution >= 0.6 is 0 Å². The number of hydrazone groups is 1. The molecule has 3 rings (SSSR count). The van der Waals surface area contributed by atoms with E-state index in [9.17, 15) is 14.4 Å². The largest absolute Gasteiger partial charge is 0.465 e. The average Bonchev–Trinajstić information content (AvgIpc) is 2.68. The standard InChI is InChI=1S/C20H22N4O5/c1-4-28-19(26)16(20(27)29-5-2)18-13-7-6-12(9-14(13)21-10-22-18)17-11(3)8-15(25)23-24-17/h6-7,9-11,16H,4-5,8H2,1-3H3,(H,23,25). The molecule has 1 aromatic heterocycles. The highest BCUT2D eigenvalue weighted by atomic mass is 16.6. The minimum atomic E-state index is -1.29. The molecule has 0 aliphatic carbocycles. The van der Waals surface area contributed by atoms with Gasteiger partial charge in [0.1, 0.15) is 6.33 Å². The van der Waals surface area contributed by atoms with Crippen molar-refractivity contribution in [2.75, 3.05) is 13.2 Å². The Bertz CT molecular complexity index is 970. The van der Waals surface area contributed by atoms with Crippen LogP contribution in [-0.4, -0.2) is 46.7 Å². The zero-order valence-corrected chi connectivity index (χ0v) is 16.5. The number of aromatic nitrogens is 2. The molecule has 1 aliphatic rings. The van der Waals surface area contributed by atoms with E-state index in [0.717, 1.165) is 11.3 Å². The van der Waals surface area contributed by atoms with Crippen LogP contribution in [0.2, 0.25) is 0 Å². The van der Waals surface area contributed by atoms with Crippen LogP contribution in [0, 0.1) is 5.92 Å². The van der Waals surface area contributed by atoms with E-state index in [1.807, 2.05) is 6.92 Å². The van der Waals surface area contributed by atoms with Gasteiger partial charge in [0, 0.05) is 23.3 Å². The fourth-order valence-electron chi connectivity index (χ4n) is 3.24. The SMILES string of the molecule is CCOC(=O)C(C(=O)OCC)c1ncnc2cc(C3=NNC(=O)CC3C)ccc12. The van der Waals surface area contributed by atoms with E-state index >= 15 is 0 Å². The monoisotopic (exact) mass is 398 g/mol. The number of ether oxygens (including phenoxy) is 2. The van der Waals surface area contributed by atoms with E-state index in [2.05, 4.69) is 20.5 Å². The van der Waals surface area contributed by atoms with Crippen LogP contribution in [0.25, 0.3) is 10.9 Å². The first-order chi connectivity index (χ1) is 14.0. The summed E-state index contributed by atoms with van der Waals surface area (Å²) in [7, 11) is 0. The fourth-order valence-corrected chi connectivity index (χ4v) is 3.24. The molecule has 1 unspecified atom stereocenters. The molecule has 1 aliphatic heterocycles. The number of carbonyl (C=O) groups excluding carboxylic acids is 3. The topological polar surface area (TPSA) is 120 Å². The Morgan fingerprint density at radius 1 is 1.17 bits per heavy atom. The minimum absolute atomic E-state index is 0.0469. The molecule has 9 heteroatoms. The second-order valence-electron chi connectivity index (χ2n) is 6.57. The zero-order valence-electron chi connectivity index (χ0n) is 16.5. The molecule has 1 N–H and O–H groups in total. The quantitative estimate of drug-likeness (QED) is 0.581. The Balaban J connectivity index is 2.06. The highest BCUT2D eigenvalue weighted by molar-refractivity contribution is 6.08. The smallest absolute Gasteiger partial charge is 0.326 e. The number of hydrogen-bond donors (Lipinski definition) is 1. The van der Waals surface area contributed by atoms with Crippen molar-refractivity contribution in [3.05, 3.63) is 35.8 Å². The van der Waals surface area contributed by atoms with Gasteiger partial charge >= 0.3 is 11.9 Å². The van der Waals surface area contributed by atoms with Crippen molar-refractivity contribution in [1.82, 2.24) is 15.4 Å². The lowest BCUT2D eigenvalue weighted by molar-refractivity contribution is -0.157. The molecule has 29 heavy (non-hydrogen) atoms. The molecule has 1 aromatic carbocycles. The summed E-state index contributed by atoms with van der Waals surface area (Å²) < 4.78 is 10.1. The lowest BCUT2D eigenvalue weighted by atomic mass is 9.92. The van der Waals surface area contributed by atoms with Crippen LogP contribution in [-0.2, 0) is 23.9 Å². The van der Waals surface area contributed by atoms with E-state index in [4.69, 9.17) is 9.47 Å². The van der Waals surface area contributed by atoms with Gasteiger partial charge in [-0.05, 0) is 19.9 Å². The van der Waals surface area contributed by atoms with Crippen molar-refractivity contribution in [2.45, 2.75) is 33.1 Å². The Morgan fingerprint density at radius 3 is 2.48 bits per heavy atom. The van der Waals surface area contributed by atoms with Crippen LogP contribution in [0.15, 0.2) is 29.6 Å². The van der Waals surface area contributed by atoms with Crippen LogP contribution in [0.4, 0.5) is 0 Å². The number of nitrogens with one attached hydrogen (secondary N) is 1. The van der Waals surface area contributed by atoms with Crippen LogP contribution in [0.1, 0.15) is 44.4 Å². The average molecular weight is 398 g/mol. The number of amides is 1. The highest BCUT2D eigenvalue weighted by Gasteiger charge is 2.34. The summed E-state index contributed by atoms with van der Waals surface area (Å²) in [6.07, 6.45) is 1.64. The van der Waals surface area contributed by atoms with Crippen molar-refractivity contribution >= 4 is 34.5 Å². The van der Waals surface area contributed by atoms with E-state index in [1.54, 1.807) is 32.0 Å². The molecule has 1 amide bonds. The predicted octanol–water partition coefficient (Wildman–Crippen LogP) is 1.70. The van der Waals surface area contributed by atoms with Gasteiger partial charge in [-0.1, -0.05) is 19.1 Å². The Hall–Kier alpha value is -3.36. The molecule has 0 bridgehead atoms. The van der Waals surface area contributed by atoms with E-state index in [0.29, 0.717) is 17.3 Å². The first-order valence-electron chi connectivity index (χ1n) is 9.40. The highest BCUT2D eigenvalue weighted by Crippen LogP contribution is 2.27. The van der Waals surface area contributed by atoms with Gasteiger partial charge in [-0.25, -0.2) is 15.4 Å². The summed E-state index contributed by atoms with van der Waals surface area (Å²) in [5.41, 5.74) is 4.78. The van der Waals surface area contributed by atoms with Crippen molar-refractivity contribution in [2.24, 2.45) is 11.0 Å². The molecule has 152 valence electrons. The number of esters is 2. The number of fused-ring (bicyclic) bond motifs is 1. The van der Waals surface area contributed by atoms with Crippen LogP contribution in [0.5, 0.6) is 0 Å². The van der Waals surface area contributed by atoms with E-state index in [1.165, 1.54) is 6.33 Å². The third kappa shape index (κ3) is 4.23. The second kappa shape index (κ2) is 8.76. The zero-order chi connectivity index (χ0) is 21.0. The molecule has 0 fully saturated rings. The molecular formula is C20H22N4O5. The van der Waals surface area contributed by atoms with Crippen LogP contribution < -0.4 is 5.43 Å². The molecule has 0 spiro atoms. The Kier molecular flexibility index (Phi) is 6.16. The van der Waals surface area contributed by atoms with Gasteiger partial charge in [0.25, 0.3) is 0 Å². The van der Waals surface area contributed by atoms with Gasteiger partial charge in [-0.15, -0.1) is 0 Å². The summed E-state index contributed by atoms with van der Waals surface area (Å²) >= 11 is 0. The Labute approximate surface area is 167 Å². The van der Waals surface area contributed by atoms with Crippen molar-refractivity contribution in [3.8, 4) is 0 Å². The van der Waals surface area contributed by atoms with E-state index in [-0.39, 0.29) is 30.7 Å². The number of nitrogens with zero attached hydrogens (tertiary/aromatic N) is 3. The van der Waals surface area contributed by atoms with Gasteiger partial charge in [0.05, 0.1) is 30.1 Å². The molecule has 2 heterocycles. The summed E-state index contributed by atoms with van der Waals surface area (Å²) in [6.45, 7) is 5.51. The third-order valence-electron chi connectivity index (χ3n) is 4.54. The first-order valence-corrected chi connectivity index (χ1v) is 9.40. The maximum absolute atomic E-state index is 12.4. The Morgan fingerprint density at radius 2 is 1.86 bits per heavy atom. The van der Waals surface area contributed by atoms with Gasteiger partial charge in [0.15, 0.2) is 5.92 Å². The molecular weight excluding hydrogens is 376 g/mol. The summed E-state index contributed by atoms with van der Waals surface area (Å²) in [5.74, 6) is -2.91. The van der Waals surface area contributed by atoms with Crippen LogP contribution in [0.3, 0.4) is 0 Å². The van der Waals surface area contributed by atoms with Gasteiger partial charge in [-0.3, -0.25) is 14.4 Å². The number of benzene rings is 1. The predicted molar refractivity (Wildman–Crippen MR) is 104 cm³/mol. The normalized spacial score (nSPS) is 16.3. The van der Waals surface area contributed by atoms with E-state index < -0.39 is 17.9 Å². The number of rotatable bonds is 6. The molecule has 0 radical (unpaired) electrons. The summed E-state index contributed by atoms with van der Waals surface area (Å²) in [4.78, 5) is 44.8. The first kappa shape index (κ1) is 20.4. The lowest BCUT2D eigenvalue weighted by Gasteiger charge is -2.20. The summed E-state index contributed by atoms with van der Waals surface area (Å²) in [5, 5.41) is 4.69. The molecule has 0 saturated heterocycles. The van der Waals surface area contributed by atoms with Crippen molar-refractivity contribution in [1.29, 1.82) is 0 Å². The van der Waals surface area contributed by atoms with Crippen molar-refractivity contribution < 1.29 is 23.9 Å². The maximum atomic E-state index is 12.4. The fraction of sp³-hybridized carbons (Fsp3) is 0.400. The molecule has 9 nitrogen and oxygen atoms in total. The minimum Gasteiger partial charge on any atom is -0.465 e. The number of hydrogen-bond acceptors (Lipinski definition) is 8. The lowest BCUT2D eigenvalue weighted by Crippen LogP contribution is -2.32. The molecule has 1 atom stereocenters. The molecule has 2 aromatic rings. The van der Waals surface area contributed by atoms with Gasteiger partial charge in [-0.2, -0.15) is 5.10 Å². The van der Waals surface area contributed by atoms with Gasteiger partial charge in [0.2, 0.25) is 5.91 Å². The summed E-state index contributed by atoms with van der Waals surface area (Å²) in [6, 6.07) is 5.33. The van der Waals surface area contributed by atoms with Gasteiger partial charge < -0.3 is 9.47 Å². The van der Waals surface area contributed by atoms with Crippen molar-refractivity contribution in [3.63, 3.8) is 0 Å². The molecule has 0 saturated carbocycles. The third-order valence-corrected chi connectivity index (χ3v) is 4.54. The second-order valence-corrected chi connectivity index (χ2v) is 6.57. The maximum Gasteiger partial charge on any atom is 0.326 e.